The summed E-state index contributed by atoms with van der Waals surface area (Å²) < 4.78 is 0.834. The van der Waals surface area contributed by atoms with Crippen LogP contribution < -0.4 is 10.6 Å². The zero-order valence-corrected chi connectivity index (χ0v) is 14.8. The molecule has 23 heavy (non-hydrogen) atoms. The van der Waals surface area contributed by atoms with Crippen molar-refractivity contribution in [2.45, 2.75) is 19.4 Å². The molecule has 2 aromatic rings. The molecule has 0 bridgehead atoms. The van der Waals surface area contributed by atoms with E-state index < -0.39 is 0 Å². The quantitative estimate of drug-likeness (QED) is 0.792. The molecule has 4 nitrogen and oxygen atoms in total. The number of nitrogens with one attached hydrogen (secondary N) is 2. The molecule has 0 aliphatic rings. The van der Waals surface area contributed by atoms with Gasteiger partial charge < -0.3 is 10.6 Å². The fourth-order valence-corrected chi connectivity index (χ4v) is 2.88. The van der Waals surface area contributed by atoms with Crippen LogP contribution in [0.25, 0.3) is 0 Å². The summed E-state index contributed by atoms with van der Waals surface area (Å²) in [7, 11) is 0. The number of rotatable bonds is 5. The molecule has 0 aliphatic carbocycles. The highest BCUT2D eigenvalue weighted by atomic mass is 79.9. The Hall–Kier alpha value is -1.85. The van der Waals surface area contributed by atoms with Gasteiger partial charge in [-0.3, -0.25) is 9.59 Å². The molecule has 6 heteroatoms. The van der Waals surface area contributed by atoms with E-state index in [1.807, 2.05) is 30.3 Å². The van der Waals surface area contributed by atoms with E-state index >= 15 is 0 Å². The van der Waals surface area contributed by atoms with Crippen LogP contribution in [-0.2, 0) is 9.59 Å². The topological polar surface area (TPSA) is 58.2 Å². The van der Waals surface area contributed by atoms with Crippen molar-refractivity contribution in [2.24, 2.45) is 0 Å². The van der Waals surface area contributed by atoms with Gasteiger partial charge in [0, 0.05) is 11.4 Å². The van der Waals surface area contributed by atoms with Crippen molar-refractivity contribution in [1.29, 1.82) is 0 Å². The predicted octanol–water partition coefficient (Wildman–Crippen LogP) is 4.31. The maximum atomic E-state index is 12.3. The monoisotopic (exact) mass is 394 g/mol. The van der Waals surface area contributed by atoms with Gasteiger partial charge in [0.1, 0.15) is 0 Å². The normalized spacial score (nSPS) is 11.6. The molecule has 0 heterocycles. The predicted molar refractivity (Wildman–Crippen MR) is 95.4 cm³/mol. The number of hydrogen-bond acceptors (Lipinski definition) is 2. The Morgan fingerprint density at radius 1 is 1.17 bits per heavy atom. The summed E-state index contributed by atoms with van der Waals surface area (Å²) in [6.45, 7) is 1.43. The van der Waals surface area contributed by atoms with Crippen LogP contribution in [0.1, 0.15) is 24.9 Å². The van der Waals surface area contributed by atoms with E-state index in [0.717, 1.165) is 10.0 Å². The van der Waals surface area contributed by atoms with Crippen molar-refractivity contribution in [2.75, 3.05) is 5.32 Å². The van der Waals surface area contributed by atoms with E-state index in [4.69, 9.17) is 11.6 Å². The van der Waals surface area contributed by atoms with Gasteiger partial charge in [0.25, 0.3) is 0 Å². The summed E-state index contributed by atoms with van der Waals surface area (Å²) in [6.07, 6.45) is 0.121. The lowest BCUT2D eigenvalue weighted by molar-refractivity contribution is -0.120. The van der Waals surface area contributed by atoms with E-state index in [9.17, 15) is 9.59 Å². The molecule has 0 unspecified atom stereocenters. The summed E-state index contributed by atoms with van der Waals surface area (Å²) in [4.78, 5) is 23.7. The van der Waals surface area contributed by atoms with Gasteiger partial charge in [0.05, 0.1) is 23.2 Å². The minimum absolute atomic E-state index is 0.121. The molecule has 1 atom stereocenters. The standard InChI is InChI=1S/C17H16BrClN2O2/c1-11(22)20-16(12-5-3-2-4-6-12)10-17(23)21-15-8-7-13(18)9-14(15)19/h2-9,16H,10H2,1H3,(H,20,22)(H,21,23)/t16-/m0/s1. The molecular weight excluding hydrogens is 380 g/mol. The van der Waals surface area contributed by atoms with Gasteiger partial charge in [0.15, 0.2) is 0 Å². The molecule has 0 aliphatic heterocycles. The maximum absolute atomic E-state index is 12.3. The molecule has 120 valence electrons. The zero-order valence-electron chi connectivity index (χ0n) is 12.5. The Bertz CT molecular complexity index is 707. The second-order valence-electron chi connectivity index (χ2n) is 5.04. The molecule has 0 spiro atoms. The Morgan fingerprint density at radius 2 is 1.87 bits per heavy atom. The summed E-state index contributed by atoms with van der Waals surface area (Å²) in [6, 6.07) is 14.2. The average Bonchev–Trinajstić information content (AvgIpc) is 2.50. The lowest BCUT2D eigenvalue weighted by Crippen LogP contribution is -2.29. The first-order valence-electron chi connectivity index (χ1n) is 7.02. The number of anilines is 1. The molecule has 2 amide bonds. The minimum Gasteiger partial charge on any atom is -0.349 e. The van der Waals surface area contributed by atoms with Crippen LogP contribution in [0.3, 0.4) is 0 Å². The first kappa shape index (κ1) is 17.5. The lowest BCUT2D eigenvalue weighted by atomic mass is 10.0. The van der Waals surface area contributed by atoms with E-state index in [2.05, 4.69) is 26.6 Å². The number of carbonyl (C=O) groups is 2. The molecule has 0 saturated carbocycles. The van der Waals surface area contributed by atoms with Gasteiger partial charge >= 0.3 is 0 Å². The van der Waals surface area contributed by atoms with Crippen molar-refractivity contribution in [1.82, 2.24) is 5.32 Å². The van der Waals surface area contributed by atoms with E-state index in [1.165, 1.54) is 6.92 Å². The first-order valence-corrected chi connectivity index (χ1v) is 8.20. The van der Waals surface area contributed by atoms with Gasteiger partial charge in [-0.25, -0.2) is 0 Å². The summed E-state index contributed by atoms with van der Waals surface area (Å²) in [5.74, 6) is -0.412. The molecule has 2 aromatic carbocycles. The number of hydrogen-bond donors (Lipinski definition) is 2. The van der Waals surface area contributed by atoms with Crippen LogP contribution in [0, 0.1) is 0 Å². The van der Waals surface area contributed by atoms with Crippen LogP contribution in [-0.4, -0.2) is 11.8 Å². The lowest BCUT2D eigenvalue weighted by Gasteiger charge is -2.18. The number of halogens is 2. The maximum Gasteiger partial charge on any atom is 0.226 e. The Labute approximate surface area is 148 Å². The van der Waals surface area contributed by atoms with Crippen LogP contribution in [0.15, 0.2) is 53.0 Å². The number of benzene rings is 2. The van der Waals surface area contributed by atoms with Gasteiger partial charge in [-0.05, 0) is 23.8 Å². The SMILES string of the molecule is CC(=O)N[C@@H](CC(=O)Nc1ccc(Br)cc1Cl)c1ccccc1. The highest BCUT2D eigenvalue weighted by Crippen LogP contribution is 2.26. The number of amides is 2. The van der Waals surface area contributed by atoms with Crippen molar-refractivity contribution in [3.8, 4) is 0 Å². The molecule has 0 aromatic heterocycles. The van der Waals surface area contributed by atoms with Crippen molar-refractivity contribution in [3.05, 3.63) is 63.6 Å². The summed E-state index contributed by atoms with van der Waals surface area (Å²) in [5, 5.41) is 6.01. The van der Waals surface area contributed by atoms with Gasteiger partial charge in [-0.15, -0.1) is 0 Å². The largest absolute Gasteiger partial charge is 0.349 e. The fourth-order valence-electron chi connectivity index (χ4n) is 2.16. The third kappa shape index (κ3) is 5.37. The van der Waals surface area contributed by atoms with E-state index in [0.29, 0.717) is 10.7 Å². The van der Waals surface area contributed by atoms with Gasteiger partial charge in [-0.1, -0.05) is 57.9 Å². The van der Waals surface area contributed by atoms with Crippen molar-refractivity contribution in [3.63, 3.8) is 0 Å². The average molecular weight is 396 g/mol. The van der Waals surface area contributed by atoms with E-state index in [1.54, 1.807) is 18.2 Å². The van der Waals surface area contributed by atoms with Crippen LogP contribution in [0.5, 0.6) is 0 Å². The molecular formula is C17H16BrClN2O2. The zero-order chi connectivity index (χ0) is 16.8. The minimum atomic E-state index is -0.386. The highest BCUT2D eigenvalue weighted by molar-refractivity contribution is 9.10. The van der Waals surface area contributed by atoms with Gasteiger partial charge in [0.2, 0.25) is 11.8 Å². The Morgan fingerprint density at radius 3 is 2.48 bits per heavy atom. The smallest absolute Gasteiger partial charge is 0.226 e. The Balaban J connectivity index is 2.09. The number of carbonyl (C=O) groups excluding carboxylic acids is 2. The van der Waals surface area contributed by atoms with E-state index in [-0.39, 0.29) is 24.3 Å². The molecule has 0 radical (unpaired) electrons. The molecule has 2 rings (SSSR count). The first-order chi connectivity index (χ1) is 11.0. The van der Waals surface area contributed by atoms with Crippen LogP contribution in [0.2, 0.25) is 5.02 Å². The Kier molecular flexibility index (Phi) is 6.19. The summed E-state index contributed by atoms with van der Waals surface area (Å²) >= 11 is 9.41. The highest BCUT2D eigenvalue weighted by Gasteiger charge is 2.17. The van der Waals surface area contributed by atoms with Gasteiger partial charge in [-0.2, -0.15) is 0 Å². The van der Waals surface area contributed by atoms with Crippen LogP contribution >= 0.6 is 27.5 Å². The second kappa shape index (κ2) is 8.13. The third-order valence-electron chi connectivity index (χ3n) is 3.17. The van der Waals surface area contributed by atoms with Crippen LogP contribution in [0.4, 0.5) is 5.69 Å². The molecule has 0 saturated heterocycles. The second-order valence-corrected chi connectivity index (χ2v) is 6.36. The third-order valence-corrected chi connectivity index (χ3v) is 3.98. The van der Waals surface area contributed by atoms with Crippen molar-refractivity contribution >= 4 is 45.0 Å². The summed E-state index contributed by atoms with van der Waals surface area (Å²) in [5.41, 5.74) is 1.41. The molecule has 0 fully saturated rings. The van der Waals surface area contributed by atoms with Crippen molar-refractivity contribution < 1.29 is 9.59 Å². The molecule has 2 N–H and O–H groups in total. The fraction of sp³-hybridized carbons (Fsp3) is 0.176.